The van der Waals surface area contributed by atoms with Gasteiger partial charge in [-0.3, -0.25) is 0 Å². The van der Waals surface area contributed by atoms with Crippen LogP contribution in [0.15, 0.2) is 23.4 Å². The van der Waals surface area contributed by atoms with Crippen LogP contribution in [0.2, 0.25) is 0 Å². The van der Waals surface area contributed by atoms with Gasteiger partial charge >= 0.3 is 0 Å². The van der Waals surface area contributed by atoms with Gasteiger partial charge < -0.3 is 5.32 Å². The van der Waals surface area contributed by atoms with Gasteiger partial charge in [-0.25, -0.2) is 0 Å². The molecule has 1 nitrogen and oxygen atoms in total. The number of halogens is 1. The van der Waals surface area contributed by atoms with Crippen molar-refractivity contribution in [1.82, 2.24) is 5.32 Å². The van der Waals surface area contributed by atoms with Gasteiger partial charge in [-0.1, -0.05) is 17.7 Å². The van der Waals surface area contributed by atoms with Crippen LogP contribution in [0, 0.1) is 0 Å². The van der Waals surface area contributed by atoms with Crippen LogP contribution in [0.5, 0.6) is 0 Å². The smallest absolute Gasteiger partial charge is 0.0559 e. The van der Waals surface area contributed by atoms with Gasteiger partial charge in [0.2, 0.25) is 0 Å². The van der Waals surface area contributed by atoms with E-state index in [0.717, 1.165) is 5.03 Å². The number of rotatable bonds is 3. The minimum absolute atomic E-state index is 0.444. The van der Waals surface area contributed by atoms with Crippen LogP contribution in [-0.4, -0.2) is 6.04 Å². The maximum absolute atomic E-state index is 5.74. The maximum atomic E-state index is 5.74. The van der Waals surface area contributed by atoms with Gasteiger partial charge in [-0.2, -0.15) is 0 Å². The maximum Gasteiger partial charge on any atom is 0.0559 e. The second-order valence-electron chi connectivity index (χ2n) is 2.35. The van der Waals surface area contributed by atoms with Gasteiger partial charge in [0.25, 0.3) is 0 Å². The van der Waals surface area contributed by atoms with Gasteiger partial charge in [0, 0.05) is 12.2 Å². The Bertz CT molecular complexity index is 136. The van der Waals surface area contributed by atoms with E-state index in [0.29, 0.717) is 6.04 Å². The fourth-order valence-corrected chi connectivity index (χ4v) is 0.643. The zero-order valence-corrected chi connectivity index (χ0v) is 7.44. The SMILES string of the molecule is C/C=C/C(Cl)=C\NC(C)C. The molecule has 0 saturated heterocycles. The standard InChI is InChI=1S/C8H14ClN/c1-4-5-8(9)6-10-7(2)3/h4-7,10H,1-3H3/b5-4+,8-6+. The summed E-state index contributed by atoms with van der Waals surface area (Å²) in [7, 11) is 0. The molecule has 0 fully saturated rings. The molecular formula is C8H14ClN. The van der Waals surface area contributed by atoms with Gasteiger partial charge in [0.05, 0.1) is 5.03 Å². The summed E-state index contributed by atoms with van der Waals surface area (Å²) in [5.74, 6) is 0. The molecule has 2 heteroatoms. The van der Waals surface area contributed by atoms with E-state index in [4.69, 9.17) is 11.6 Å². The molecule has 0 atom stereocenters. The lowest BCUT2D eigenvalue weighted by molar-refractivity contribution is 0.702. The molecule has 0 unspecified atom stereocenters. The van der Waals surface area contributed by atoms with Crippen molar-refractivity contribution in [3.63, 3.8) is 0 Å². The van der Waals surface area contributed by atoms with E-state index in [1.807, 2.05) is 19.1 Å². The summed E-state index contributed by atoms with van der Waals surface area (Å²) in [6.45, 7) is 6.07. The largest absolute Gasteiger partial charge is 0.388 e. The van der Waals surface area contributed by atoms with Crippen LogP contribution in [0.4, 0.5) is 0 Å². The van der Waals surface area contributed by atoms with E-state index in [1.165, 1.54) is 0 Å². The molecule has 58 valence electrons. The van der Waals surface area contributed by atoms with Crippen molar-refractivity contribution in [1.29, 1.82) is 0 Å². The fourth-order valence-electron chi connectivity index (χ4n) is 0.454. The Morgan fingerprint density at radius 2 is 2.10 bits per heavy atom. The Balaban J connectivity index is 3.68. The zero-order valence-electron chi connectivity index (χ0n) is 6.69. The summed E-state index contributed by atoms with van der Waals surface area (Å²) < 4.78 is 0. The monoisotopic (exact) mass is 159 g/mol. The molecule has 0 aliphatic carbocycles. The lowest BCUT2D eigenvalue weighted by Crippen LogP contribution is -2.15. The normalized spacial score (nSPS) is 13.1. The highest BCUT2D eigenvalue weighted by Gasteiger charge is 1.86. The first-order valence-electron chi connectivity index (χ1n) is 3.41. The molecule has 0 spiro atoms. The third-order valence-corrected chi connectivity index (χ3v) is 1.12. The minimum Gasteiger partial charge on any atom is -0.388 e. The molecule has 1 N–H and O–H groups in total. The van der Waals surface area contributed by atoms with Crippen LogP contribution in [0.3, 0.4) is 0 Å². The predicted octanol–water partition coefficient (Wildman–Crippen LogP) is 2.64. The molecule has 10 heavy (non-hydrogen) atoms. The first kappa shape index (κ1) is 9.57. The van der Waals surface area contributed by atoms with Crippen molar-refractivity contribution in [2.75, 3.05) is 0 Å². The molecule has 0 saturated carbocycles. The molecule has 0 heterocycles. The van der Waals surface area contributed by atoms with E-state index in [1.54, 1.807) is 6.20 Å². The minimum atomic E-state index is 0.444. The Morgan fingerprint density at radius 3 is 2.50 bits per heavy atom. The molecule has 0 amide bonds. The van der Waals surface area contributed by atoms with Crippen LogP contribution >= 0.6 is 11.6 Å². The molecule has 0 aromatic heterocycles. The zero-order chi connectivity index (χ0) is 7.98. The molecule has 0 bridgehead atoms. The van der Waals surface area contributed by atoms with Crippen LogP contribution in [0.25, 0.3) is 0 Å². The van der Waals surface area contributed by atoms with Crippen molar-refractivity contribution in [3.8, 4) is 0 Å². The van der Waals surface area contributed by atoms with E-state index >= 15 is 0 Å². The third-order valence-electron chi connectivity index (χ3n) is 0.880. The molecule has 0 aromatic rings. The fraction of sp³-hybridized carbons (Fsp3) is 0.500. The quantitative estimate of drug-likeness (QED) is 0.625. The number of nitrogens with one attached hydrogen (secondary N) is 1. The second kappa shape index (κ2) is 5.36. The van der Waals surface area contributed by atoms with E-state index in [2.05, 4.69) is 19.2 Å². The average Bonchev–Trinajstić information content (AvgIpc) is 1.85. The van der Waals surface area contributed by atoms with Crippen molar-refractivity contribution < 1.29 is 0 Å². The summed E-state index contributed by atoms with van der Waals surface area (Å²) >= 11 is 5.74. The van der Waals surface area contributed by atoms with Crippen LogP contribution < -0.4 is 5.32 Å². The third kappa shape index (κ3) is 5.70. The van der Waals surface area contributed by atoms with Gasteiger partial charge in [0.1, 0.15) is 0 Å². The number of hydrogen-bond acceptors (Lipinski definition) is 1. The van der Waals surface area contributed by atoms with E-state index in [-0.39, 0.29) is 0 Å². The average molecular weight is 160 g/mol. The summed E-state index contributed by atoms with van der Waals surface area (Å²) in [6, 6.07) is 0.444. The number of hydrogen-bond donors (Lipinski definition) is 1. The number of allylic oxidation sites excluding steroid dienone is 3. The van der Waals surface area contributed by atoms with Crippen molar-refractivity contribution >= 4 is 11.6 Å². The Kier molecular flexibility index (Phi) is 5.13. The molecule has 0 aliphatic rings. The molecule has 0 radical (unpaired) electrons. The molecule has 0 aliphatic heterocycles. The van der Waals surface area contributed by atoms with Crippen molar-refractivity contribution in [2.24, 2.45) is 0 Å². The lowest BCUT2D eigenvalue weighted by atomic mass is 10.4. The van der Waals surface area contributed by atoms with Crippen LogP contribution in [0.1, 0.15) is 20.8 Å². The molecule has 0 aromatic carbocycles. The second-order valence-corrected chi connectivity index (χ2v) is 2.79. The predicted molar refractivity (Wildman–Crippen MR) is 47.0 cm³/mol. The highest BCUT2D eigenvalue weighted by molar-refractivity contribution is 6.31. The van der Waals surface area contributed by atoms with Crippen molar-refractivity contribution in [3.05, 3.63) is 23.4 Å². The highest BCUT2D eigenvalue weighted by Crippen LogP contribution is 2.00. The van der Waals surface area contributed by atoms with Gasteiger partial charge in [0.15, 0.2) is 0 Å². The Labute approximate surface area is 67.8 Å². The lowest BCUT2D eigenvalue weighted by Gasteiger charge is -2.02. The first-order valence-corrected chi connectivity index (χ1v) is 3.79. The molecular weight excluding hydrogens is 146 g/mol. The highest BCUT2D eigenvalue weighted by atomic mass is 35.5. The van der Waals surface area contributed by atoms with Gasteiger partial charge in [-0.15, -0.1) is 0 Å². The topological polar surface area (TPSA) is 12.0 Å². The summed E-state index contributed by atoms with van der Waals surface area (Å²) in [4.78, 5) is 0. The summed E-state index contributed by atoms with van der Waals surface area (Å²) in [5, 5.41) is 3.82. The summed E-state index contributed by atoms with van der Waals surface area (Å²) in [5.41, 5.74) is 0. The van der Waals surface area contributed by atoms with E-state index < -0.39 is 0 Å². The molecule has 0 rings (SSSR count). The van der Waals surface area contributed by atoms with Crippen molar-refractivity contribution in [2.45, 2.75) is 26.8 Å². The van der Waals surface area contributed by atoms with Gasteiger partial charge in [-0.05, 0) is 26.8 Å². The Morgan fingerprint density at radius 1 is 1.50 bits per heavy atom. The summed E-state index contributed by atoms with van der Waals surface area (Å²) in [6.07, 6.45) is 5.55. The van der Waals surface area contributed by atoms with E-state index in [9.17, 15) is 0 Å². The van der Waals surface area contributed by atoms with Crippen LogP contribution in [-0.2, 0) is 0 Å². The first-order chi connectivity index (χ1) is 4.66. The Hall–Kier alpha value is -0.430.